The smallest absolute Gasteiger partial charge is 0.200 e. The largest absolute Gasteiger partial charge is 0.353 e. The molecule has 0 aromatic carbocycles. The zero-order valence-corrected chi connectivity index (χ0v) is 6.50. The molecule has 0 heterocycles. The Morgan fingerprint density at radius 1 is 1.90 bits per heavy atom. The molecule has 0 bridgehead atoms. The highest BCUT2D eigenvalue weighted by molar-refractivity contribution is 6.56. The van der Waals surface area contributed by atoms with Crippen LogP contribution >= 0.6 is 0 Å². The van der Waals surface area contributed by atoms with Crippen molar-refractivity contribution in [3.63, 3.8) is 0 Å². The molecule has 10 heavy (non-hydrogen) atoms. The average molecular weight is 137 g/mol. The van der Waals surface area contributed by atoms with Gasteiger partial charge >= 0.3 is 0 Å². The first-order valence-electron chi connectivity index (χ1n) is 3.22. The van der Waals surface area contributed by atoms with Crippen LogP contribution in [0.5, 0.6) is 0 Å². The van der Waals surface area contributed by atoms with Gasteiger partial charge in [-0.1, -0.05) is 6.08 Å². The minimum atomic E-state index is -0.394. The molecule has 3 heteroatoms. The van der Waals surface area contributed by atoms with E-state index in [1.165, 1.54) is 4.90 Å². The van der Waals surface area contributed by atoms with Crippen molar-refractivity contribution in [2.75, 3.05) is 7.05 Å². The SMILES string of the molecule is [B]C(=O)N(C)[C@@H](C)CC=C. The van der Waals surface area contributed by atoms with Gasteiger partial charge in [0.05, 0.1) is 0 Å². The number of nitrogens with zero attached hydrogens (tertiary/aromatic N) is 1. The summed E-state index contributed by atoms with van der Waals surface area (Å²) in [7, 11) is 6.70. The zero-order chi connectivity index (χ0) is 8.15. The van der Waals surface area contributed by atoms with E-state index in [2.05, 4.69) is 6.58 Å². The maximum absolute atomic E-state index is 10.5. The maximum atomic E-state index is 10.5. The molecule has 0 aliphatic carbocycles. The lowest BCUT2D eigenvalue weighted by Gasteiger charge is -2.22. The molecule has 0 saturated carbocycles. The summed E-state index contributed by atoms with van der Waals surface area (Å²) in [5.74, 6) is -0.394. The topological polar surface area (TPSA) is 20.3 Å². The summed E-state index contributed by atoms with van der Waals surface area (Å²) in [6, 6.07) is 0.148. The number of carbonyl (C=O) groups is 1. The molecule has 0 aliphatic rings. The normalized spacial score (nSPS) is 12.2. The van der Waals surface area contributed by atoms with Crippen LogP contribution in [0.15, 0.2) is 12.7 Å². The van der Waals surface area contributed by atoms with Crippen LogP contribution in [0.25, 0.3) is 0 Å². The van der Waals surface area contributed by atoms with Crippen LogP contribution in [0.3, 0.4) is 0 Å². The number of hydrogen-bond donors (Lipinski definition) is 0. The van der Waals surface area contributed by atoms with Gasteiger partial charge in [0.1, 0.15) is 0 Å². The quantitative estimate of drug-likeness (QED) is 0.422. The van der Waals surface area contributed by atoms with E-state index in [1.54, 1.807) is 13.1 Å². The fourth-order valence-electron chi connectivity index (χ4n) is 0.617. The molecular formula is C7H12BNO. The summed E-state index contributed by atoms with van der Waals surface area (Å²) >= 11 is 0. The molecule has 2 nitrogen and oxygen atoms in total. The molecule has 0 fully saturated rings. The third kappa shape index (κ3) is 2.71. The predicted octanol–water partition coefficient (Wildman–Crippen LogP) is 1.17. The van der Waals surface area contributed by atoms with Gasteiger partial charge in [-0.2, -0.15) is 0 Å². The lowest BCUT2D eigenvalue weighted by Crippen LogP contribution is -2.33. The van der Waals surface area contributed by atoms with E-state index in [-0.39, 0.29) is 6.04 Å². The van der Waals surface area contributed by atoms with Crippen LogP contribution in [0.2, 0.25) is 0 Å². The van der Waals surface area contributed by atoms with E-state index in [0.717, 1.165) is 6.42 Å². The second-order valence-electron chi connectivity index (χ2n) is 2.32. The molecule has 0 aromatic heterocycles. The molecule has 0 aromatic rings. The number of amides is 1. The van der Waals surface area contributed by atoms with Crippen LogP contribution < -0.4 is 0 Å². The summed E-state index contributed by atoms with van der Waals surface area (Å²) in [4.78, 5) is 12.0. The molecule has 2 radical (unpaired) electrons. The highest BCUT2D eigenvalue weighted by atomic mass is 16.1. The van der Waals surface area contributed by atoms with E-state index in [9.17, 15) is 4.79 Å². The Bertz CT molecular complexity index is 136. The average Bonchev–Trinajstić information content (AvgIpc) is 1.87. The summed E-state index contributed by atoms with van der Waals surface area (Å²) in [5, 5.41) is 0. The predicted molar refractivity (Wildman–Crippen MR) is 43.2 cm³/mol. The van der Waals surface area contributed by atoms with Crippen molar-refractivity contribution in [1.29, 1.82) is 0 Å². The first-order valence-corrected chi connectivity index (χ1v) is 3.22. The monoisotopic (exact) mass is 137 g/mol. The van der Waals surface area contributed by atoms with Crippen LogP contribution in [0.4, 0.5) is 4.79 Å². The highest BCUT2D eigenvalue weighted by Crippen LogP contribution is 2.00. The van der Waals surface area contributed by atoms with Crippen molar-refractivity contribution in [2.24, 2.45) is 0 Å². The Labute approximate surface area is 63.3 Å². The minimum absolute atomic E-state index is 0.148. The van der Waals surface area contributed by atoms with Crippen LogP contribution in [-0.4, -0.2) is 31.6 Å². The summed E-state index contributed by atoms with van der Waals surface area (Å²) in [5.41, 5.74) is 0. The molecule has 54 valence electrons. The van der Waals surface area contributed by atoms with Crippen molar-refractivity contribution in [1.82, 2.24) is 4.90 Å². The van der Waals surface area contributed by atoms with Crippen molar-refractivity contribution in [3.8, 4) is 0 Å². The van der Waals surface area contributed by atoms with Gasteiger partial charge in [0.2, 0.25) is 7.85 Å². The second-order valence-corrected chi connectivity index (χ2v) is 2.32. The standard InChI is InChI=1S/C7H12BNO/c1-4-5-6(2)9(3)7(8)10/h4,6H,1,5H2,2-3H3/t6-/m0/s1. The molecule has 0 unspecified atom stereocenters. The first-order chi connectivity index (χ1) is 4.59. The summed E-state index contributed by atoms with van der Waals surface area (Å²) in [6.07, 6.45) is 2.55. The number of carbonyl (C=O) groups excluding carboxylic acids is 1. The van der Waals surface area contributed by atoms with Crippen molar-refractivity contribution in [3.05, 3.63) is 12.7 Å². The van der Waals surface area contributed by atoms with E-state index in [0.29, 0.717) is 0 Å². The van der Waals surface area contributed by atoms with E-state index in [1.807, 2.05) is 6.92 Å². The summed E-state index contributed by atoms with van der Waals surface area (Å²) < 4.78 is 0. The van der Waals surface area contributed by atoms with Gasteiger partial charge in [-0.05, 0) is 13.3 Å². The molecule has 0 N–H and O–H groups in total. The van der Waals surface area contributed by atoms with E-state index >= 15 is 0 Å². The Morgan fingerprint density at radius 3 is 2.70 bits per heavy atom. The molecule has 1 amide bonds. The number of rotatable bonds is 3. The Kier molecular flexibility index (Phi) is 3.85. The van der Waals surface area contributed by atoms with Crippen LogP contribution in [0.1, 0.15) is 13.3 Å². The first kappa shape index (κ1) is 9.27. The second kappa shape index (κ2) is 4.15. The summed E-state index contributed by atoms with van der Waals surface area (Å²) in [6.45, 7) is 5.49. The zero-order valence-electron chi connectivity index (χ0n) is 6.50. The molecule has 0 rings (SSSR count). The fourth-order valence-corrected chi connectivity index (χ4v) is 0.617. The lowest BCUT2D eigenvalue weighted by molar-refractivity contribution is 0.218. The van der Waals surface area contributed by atoms with Crippen molar-refractivity contribution >= 4 is 13.7 Å². The molecule has 0 aliphatic heterocycles. The van der Waals surface area contributed by atoms with Crippen LogP contribution in [0, 0.1) is 0 Å². The van der Waals surface area contributed by atoms with Gasteiger partial charge in [-0.15, -0.1) is 6.58 Å². The Morgan fingerprint density at radius 2 is 2.40 bits per heavy atom. The Balaban J connectivity index is 3.80. The van der Waals surface area contributed by atoms with Crippen LogP contribution in [-0.2, 0) is 0 Å². The molecule has 0 saturated heterocycles. The molecular weight excluding hydrogens is 125 g/mol. The van der Waals surface area contributed by atoms with Gasteiger partial charge in [-0.3, -0.25) is 4.79 Å². The van der Waals surface area contributed by atoms with Gasteiger partial charge < -0.3 is 4.90 Å². The van der Waals surface area contributed by atoms with E-state index < -0.39 is 5.81 Å². The lowest BCUT2D eigenvalue weighted by atomic mass is 10.1. The minimum Gasteiger partial charge on any atom is -0.353 e. The number of hydrogen-bond acceptors (Lipinski definition) is 1. The van der Waals surface area contributed by atoms with Crippen molar-refractivity contribution < 1.29 is 4.79 Å². The van der Waals surface area contributed by atoms with E-state index in [4.69, 9.17) is 7.85 Å². The Hall–Kier alpha value is -0.725. The molecule has 1 atom stereocenters. The fraction of sp³-hybridized carbons (Fsp3) is 0.571. The molecule has 0 spiro atoms. The third-order valence-corrected chi connectivity index (χ3v) is 1.52. The van der Waals surface area contributed by atoms with Gasteiger partial charge in [0.15, 0.2) is 5.81 Å². The van der Waals surface area contributed by atoms with Crippen molar-refractivity contribution in [2.45, 2.75) is 19.4 Å². The highest BCUT2D eigenvalue weighted by Gasteiger charge is 2.07. The maximum Gasteiger partial charge on any atom is 0.200 e. The van der Waals surface area contributed by atoms with Gasteiger partial charge in [-0.25, -0.2) is 0 Å². The van der Waals surface area contributed by atoms with Gasteiger partial charge in [0.25, 0.3) is 0 Å². The van der Waals surface area contributed by atoms with Gasteiger partial charge in [0, 0.05) is 13.1 Å². The third-order valence-electron chi connectivity index (χ3n) is 1.52.